The number of rotatable bonds is 7. The molecule has 0 saturated heterocycles. The van der Waals surface area contributed by atoms with Crippen molar-refractivity contribution in [2.45, 2.75) is 46.8 Å². The van der Waals surface area contributed by atoms with Gasteiger partial charge in [-0.1, -0.05) is 43.2 Å². The van der Waals surface area contributed by atoms with Crippen molar-refractivity contribution in [3.05, 3.63) is 67.0 Å². The van der Waals surface area contributed by atoms with Crippen molar-refractivity contribution in [3.8, 4) is 0 Å². The van der Waals surface area contributed by atoms with Crippen LogP contribution in [0.15, 0.2) is 27.8 Å². The van der Waals surface area contributed by atoms with E-state index in [0.29, 0.717) is 17.7 Å². The highest BCUT2D eigenvalue weighted by Crippen LogP contribution is 2.19. The fraction of sp³-hybridized carbons (Fsp3) is 0.474. The molecular formula is C19H26N2O4. The fourth-order valence-corrected chi connectivity index (χ4v) is 3.14. The predicted octanol–water partition coefficient (Wildman–Crippen LogP) is 1.83. The van der Waals surface area contributed by atoms with Crippen molar-refractivity contribution in [2.24, 2.45) is 0 Å². The van der Waals surface area contributed by atoms with Gasteiger partial charge < -0.3 is 9.84 Å². The van der Waals surface area contributed by atoms with Crippen LogP contribution < -0.4 is 11.2 Å². The summed E-state index contributed by atoms with van der Waals surface area (Å²) in [5, 5.41) is 8.90. The Bertz CT molecular complexity index is 829. The van der Waals surface area contributed by atoms with Crippen LogP contribution in [0.25, 0.3) is 0 Å². The second kappa shape index (κ2) is 8.27. The van der Waals surface area contributed by atoms with Crippen LogP contribution in [-0.4, -0.2) is 27.9 Å². The Balaban J connectivity index is 2.58. The summed E-state index contributed by atoms with van der Waals surface area (Å²) in [6, 6.07) is 6.20. The molecule has 1 aromatic carbocycles. The summed E-state index contributed by atoms with van der Waals surface area (Å²) < 4.78 is 6.79. The van der Waals surface area contributed by atoms with Crippen LogP contribution in [0.1, 0.15) is 47.7 Å². The average molecular weight is 346 g/mol. The molecule has 2 rings (SSSR count). The van der Waals surface area contributed by atoms with Crippen molar-refractivity contribution in [1.82, 2.24) is 9.55 Å². The topological polar surface area (TPSA) is 84.3 Å². The Labute approximate surface area is 147 Å². The number of aliphatic hydroxyl groups is 1. The molecule has 136 valence electrons. The monoisotopic (exact) mass is 346 g/mol. The minimum atomic E-state index is -0.494. The standard InChI is InChI=1S/C19H26N2O4/c1-12(2)17-16(10-15-8-13(3)7-14(4)9-15)21(11-25-6-5-22)19(24)20-18(17)23/h7-9,12,22H,5-6,10-11H2,1-4H3,(H,20,23,24). The van der Waals surface area contributed by atoms with Crippen molar-refractivity contribution >= 4 is 0 Å². The lowest BCUT2D eigenvalue weighted by atomic mass is 9.96. The highest BCUT2D eigenvalue weighted by atomic mass is 16.5. The number of aromatic amines is 1. The Morgan fingerprint density at radius 2 is 1.80 bits per heavy atom. The molecular weight excluding hydrogens is 320 g/mol. The van der Waals surface area contributed by atoms with Crippen molar-refractivity contribution in [3.63, 3.8) is 0 Å². The SMILES string of the molecule is Cc1cc(C)cc(Cc2c(C(C)C)c(=O)[nH]c(=O)n2COCCO)c1. The number of benzene rings is 1. The Morgan fingerprint density at radius 3 is 2.36 bits per heavy atom. The summed E-state index contributed by atoms with van der Waals surface area (Å²) in [6.45, 7) is 7.91. The van der Waals surface area contributed by atoms with E-state index in [1.807, 2.05) is 27.7 Å². The number of nitrogens with one attached hydrogen (secondary N) is 1. The largest absolute Gasteiger partial charge is 0.394 e. The summed E-state index contributed by atoms with van der Waals surface area (Å²) in [5.74, 6) is -0.0330. The number of ether oxygens (including phenoxy) is 1. The van der Waals surface area contributed by atoms with Crippen LogP contribution in [0.3, 0.4) is 0 Å². The van der Waals surface area contributed by atoms with Gasteiger partial charge in [-0.2, -0.15) is 0 Å². The molecule has 2 aromatic rings. The normalized spacial score (nSPS) is 11.3. The molecule has 0 atom stereocenters. The van der Waals surface area contributed by atoms with E-state index in [0.717, 1.165) is 16.7 Å². The zero-order chi connectivity index (χ0) is 18.6. The minimum absolute atomic E-state index is 0.00394. The molecule has 0 unspecified atom stereocenters. The molecule has 1 aromatic heterocycles. The van der Waals surface area contributed by atoms with Gasteiger partial charge in [0.15, 0.2) is 0 Å². The predicted molar refractivity (Wildman–Crippen MR) is 97.2 cm³/mol. The van der Waals surface area contributed by atoms with Gasteiger partial charge in [0.2, 0.25) is 0 Å². The number of aryl methyl sites for hydroxylation is 2. The van der Waals surface area contributed by atoms with E-state index in [4.69, 9.17) is 9.84 Å². The zero-order valence-corrected chi connectivity index (χ0v) is 15.3. The minimum Gasteiger partial charge on any atom is -0.394 e. The molecule has 0 aliphatic heterocycles. The third kappa shape index (κ3) is 4.67. The molecule has 1 heterocycles. The average Bonchev–Trinajstić information content (AvgIpc) is 2.48. The molecule has 0 bridgehead atoms. The fourth-order valence-electron chi connectivity index (χ4n) is 3.14. The van der Waals surface area contributed by atoms with Crippen LogP contribution >= 0.6 is 0 Å². The van der Waals surface area contributed by atoms with E-state index in [-0.39, 0.29) is 31.4 Å². The molecule has 25 heavy (non-hydrogen) atoms. The van der Waals surface area contributed by atoms with Gasteiger partial charge in [0.05, 0.1) is 13.2 Å². The first-order chi connectivity index (χ1) is 11.8. The first-order valence-electron chi connectivity index (χ1n) is 8.45. The lowest BCUT2D eigenvalue weighted by Gasteiger charge is -2.18. The van der Waals surface area contributed by atoms with E-state index in [2.05, 4.69) is 23.2 Å². The van der Waals surface area contributed by atoms with Crippen LogP contribution in [-0.2, 0) is 17.9 Å². The number of hydrogen-bond donors (Lipinski definition) is 2. The Hall–Kier alpha value is -2.18. The molecule has 2 N–H and O–H groups in total. The van der Waals surface area contributed by atoms with Crippen LogP contribution in [0.5, 0.6) is 0 Å². The van der Waals surface area contributed by atoms with E-state index < -0.39 is 5.69 Å². The summed E-state index contributed by atoms with van der Waals surface area (Å²) >= 11 is 0. The second-order valence-electron chi connectivity index (χ2n) is 6.64. The van der Waals surface area contributed by atoms with Crippen molar-refractivity contribution in [1.29, 1.82) is 0 Å². The molecule has 0 spiro atoms. The number of aliphatic hydroxyl groups excluding tert-OH is 1. The lowest BCUT2D eigenvalue weighted by Crippen LogP contribution is -2.37. The van der Waals surface area contributed by atoms with E-state index >= 15 is 0 Å². The van der Waals surface area contributed by atoms with Crippen molar-refractivity contribution in [2.75, 3.05) is 13.2 Å². The van der Waals surface area contributed by atoms with Gasteiger partial charge in [-0.3, -0.25) is 14.3 Å². The van der Waals surface area contributed by atoms with E-state index in [9.17, 15) is 9.59 Å². The maximum absolute atomic E-state index is 12.4. The van der Waals surface area contributed by atoms with E-state index in [1.165, 1.54) is 4.57 Å². The summed E-state index contributed by atoms with van der Waals surface area (Å²) in [6.07, 6.45) is 0.470. The van der Waals surface area contributed by atoms with Gasteiger partial charge in [-0.15, -0.1) is 0 Å². The first kappa shape index (κ1) is 19.1. The molecule has 0 aliphatic carbocycles. The Morgan fingerprint density at radius 1 is 1.16 bits per heavy atom. The third-order valence-electron chi connectivity index (χ3n) is 4.03. The second-order valence-corrected chi connectivity index (χ2v) is 6.64. The zero-order valence-electron chi connectivity index (χ0n) is 15.3. The quantitative estimate of drug-likeness (QED) is 0.749. The van der Waals surface area contributed by atoms with Gasteiger partial charge in [-0.05, 0) is 25.3 Å². The number of aromatic nitrogens is 2. The van der Waals surface area contributed by atoms with Crippen molar-refractivity contribution < 1.29 is 9.84 Å². The molecule has 6 heteroatoms. The molecule has 0 amide bonds. The summed E-state index contributed by atoms with van der Waals surface area (Å²) in [5.41, 5.74) is 3.72. The van der Waals surface area contributed by atoms with Crippen LogP contribution in [0, 0.1) is 13.8 Å². The van der Waals surface area contributed by atoms with E-state index in [1.54, 1.807) is 0 Å². The van der Waals surface area contributed by atoms with Gasteiger partial charge >= 0.3 is 5.69 Å². The van der Waals surface area contributed by atoms with Crippen LogP contribution in [0.4, 0.5) is 0 Å². The Kier molecular flexibility index (Phi) is 6.33. The third-order valence-corrected chi connectivity index (χ3v) is 4.03. The van der Waals surface area contributed by atoms with Gasteiger partial charge in [-0.25, -0.2) is 4.79 Å². The number of nitrogens with zero attached hydrogens (tertiary/aromatic N) is 1. The molecule has 0 saturated carbocycles. The molecule has 0 radical (unpaired) electrons. The highest BCUT2D eigenvalue weighted by Gasteiger charge is 2.18. The molecule has 6 nitrogen and oxygen atoms in total. The van der Waals surface area contributed by atoms with Gasteiger partial charge in [0.1, 0.15) is 6.73 Å². The summed E-state index contributed by atoms with van der Waals surface area (Å²) in [7, 11) is 0. The number of H-pyrrole nitrogens is 1. The number of hydrogen-bond acceptors (Lipinski definition) is 4. The smallest absolute Gasteiger partial charge is 0.330 e. The van der Waals surface area contributed by atoms with Gasteiger partial charge in [0.25, 0.3) is 5.56 Å². The van der Waals surface area contributed by atoms with Gasteiger partial charge in [0, 0.05) is 17.7 Å². The lowest BCUT2D eigenvalue weighted by molar-refractivity contribution is 0.0441. The molecule has 0 aliphatic rings. The summed E-state index contributed by atoms with van der Waals surface area (Å²) in [4.78, 5) is 27.1. The molecule has 0 fully saturated rings. The maximum atomic E-state index is 12.4. The highest BCUT2D eigenvalue weighted by molar-refractivity contribution is 5.34. The maximum Gasteiger partial charge on any atom is 0.330 e. The van der Waals surface area contributed by atoms with Crippen LogP contribution in [0.2, 0.25) is 0 Å². The first-order valence-corrected chi connectivity index (χ1v) is 8.45.